The highest BCUT2D eigenvalue weighted by Crippen LogP contribution is 2.44. The summed E-state index contributed by atoms with van der Waals surface area (Å²) in [4.78, 5) is 0. The fraction of sp³-hybridized carbons (Fsp3) is 0.692. The number of rotatable bonds is 2. The summed E-state index contributed by atoms with van der Waals surface area (Å²) in [6.07, 6.45) is 15.1. The van der Waals surface area contributed by atoms with E-state index in [4.69, 9.17) is 5.73 Å². The van der Waals surface area contributed by atoms with E-state index in [-0.39, 0.29) is 5.41 Å². The molecule has 2 rings (SSSR count). The Bertz CT molecular complexity index is 276. The van der Waals surface area contributed by atoms with E-state index in [9.17, 15) is 0 Å². The number of hydrogen-bond acceptors (Lipinski definition) is 1. The van der Waals surface area contributed by atoms with Gasteiger partial charge in [0.05, 0.1) is 0 Å². The van der Waals surface area contributed by atoms with Crippen molar-refractivity contribution in [3.63, 3.8) is 0 Å². The van der Waals surface area contributed by atoms with Crippen LogP contribution in [0.15, 0.2) is 21.8 Å². The number of halogens is 1. The summed E-state index contributed by atoms with van der Waals surface area (Å²) in [7, 11) is 0. The molecule has 0 spiro atoms. The van der Waals surface area contributed by atoms with E-state index in [1.807, 2.05) is 0 Å². The van der Waals surface area contributed by atoms with Crippen molar-refractivity contribution < 1.29 is 0 Å². The van der Waals surface area contributed by atoms with Gasteiger partial charge in [-0.25, -0.2) is 0 Å². The lowest BCUT2D eigenvalue weighted by molar-refractivity contribution is 0.178. The zero-order valence-electron chi connectivity index (χ0n) is 9.21. The Hall–Kier alpha value is 0.170. The second kappa shape index (κ2) is 5.00. The molecular weight excluding hydrogens is 297 g/mol. The van der Waals surface area contributed by atoms with Gasteiger partial charge in [0.15, 0.2) is 0 Å². The Morgan fingerprint density at radius 3 is 2.60 bits per heavy atom. The predicted molar refractivity (Wildman–Crippen MR) is 73.9 cm³/mol. The maximum absolute atomic E-state index is 6.03. The fourth-order valence-corrected chi connectivity index (χ4v) is 3.37. The SMILES string of the molecule is NCC1(C2CCCCC2)C=CC(I)=CC1. The average molecular weight is 317 g/mol. The summed E-state index contributed by atoms with van der Waals surface area (Å²) >= 11 is 2.39. The predicted octanol–water partition coefficient (Wildman–Crippen LogP) is 3.79. The van der Waals surface area contributed by atoms with Gasteiger partial charge in [-0.3, -0.25) is 0 Å². The highest BCUT2D eigenvalue weighted by atomic mass is 127. The van der Waals surface area contributed by atoms with Crippen LogP contribution in [0, 0.1) is 11.3 Å². The van der Waals surface area contributed by atoms with Gasteiger partial charge in [0.25, 0.3) is 0 Å². The van der Waals surface area contributed by atoms with Crippen LogP contribution in [0.5, 0.6) is 0 Å². The zero-order chi connectivity index (χ0) is 10.7. The molecule has 15 heavy (non-hydrogen) atoms. The van der Waals surface area contributed by atoms with Gasteiger partial charge in [-0.1, -0.05) is 37.5 Å². The lowest BCUT2D eigenvalue weighted by Crippen LogP contribution is -2.38. The molecule has 2 aliphatic rings. The molecule has 0 bridgehead atoms. The molecule has 1 fully saturated rings. The molecule has 2 heteroatoms. The maximum atomic E-state index is 6.03. The quantitative estimate of drug-likeness (QED) is 0.771. The molecule has 0 aromatic heterocycles. The summed E-state index contributed by atoms with van der Waals surface area (Å²) in [6.45, 7) is 0.814. The van der Waals surface area contributed by atoms with Gasteiger partial charge >= 0.3 is 0 Å². The first-order chi connectivity index (χ1) is 7.27. The third-order valence-corrected chi connectivity index (χ3v) is 4.85. The molecule has 0 saturated heterocycles. The maximum Gasteiger partial charge on any atom is 0.00873 e. The lowest BCUT2D eigenvalue weighted by Gasteiger charge is -2.40. The van der Waals surface area contributed by atoms with E-state index >= 15 is 0 Å². The summed E-state index contributed by atoms with van der Waals surface area (Å²) in [5, 5.41) is 0. The largest absolute Gasteiger partial charge is 0.330 e. The highest BCUT2D eigenvalue weighted by molar-refractivity contribution is 14.1. The van der Waals surface area contributed by atoms with Gasteiger partial charge in [-0.05, 0) is 47.8 Å². The molecule has 1 atom stereocenters. The lowest BCUT2D eigenvalue weighted by atomic mass is 9.66. The van der Waals surface area contributed by atoms with Crippen LogP contribution in [0.1, 0.15) is 38.5 Å². The van der Waals surface area contributed by atoms with Crippen LogP contribution in [0.25, 0.3) is 0 Å². The molecule has 0 amide bonds. The van der Waals surface area contributed by atoms with Crippen LogP contribution in [0.4, 0.5) is 0 Å². The molecular formula is C13H20IN. The minimum absolute atomic E-state index is 0.287. The van der Waals surface area contributed by atoms with Crippen molar-refractivity contribution in [3.05, 3.63) is 21.8 Å². The Morgan fingerprint density at radius 1 is 1.33 bits per heavy atom. The van der Waals surface area contributed by atoms with Gasteiger partial charge < -0.3 is 5.73 Å². The molecule has 1 nitrogen and oxygen atoms in total. The molecule has 0 aromatic rings. The molecule has 1 unspecified atom stereocenters. The Labute approximate surface area is 106 Å². The second-order valence-corrected chi connectivity index (χ2v) is 6.14. The third-order valence-electron chi connectivity index (χ3n) is 4.05. The van der Waals surface area contributed by atoms with Crippen LogP contribution in [0.3, 0.4) is 0 Å². The molecule has 1 saturated carbocycles. The Kier molecular flexibility index (Phi) is 3.88. The first-order valence-corrected chi connectivity index (χ1v) is 7.10. The van der Waals surface area contributed by atoms with Gasteiger partial charge in [0, 0.05) is 15.5 Å². The average Bonchev–Trinajstić information content (AvgIpc) is 2.32. The monoisotopic (exact) mass is 317 g/mol. The van der Waals surface area contributed by atoms with Crippen molar-refractivity contribution >= 4 is 22.6 Å². The van der Waals surface area contributed by atoms with E-state index in [1.54, 1.807) is 0 Å². The zero-order valence-corrected chi connectivity index (χ0v) is 11.4. The molecule has 0 heterocycles. The number of hydrogen-bond donors (Lipinski definition) is 1. The van der Waals surface area contributed by atoms with Crippen LogP contribution in [-0.2, 0) is 0 Å². The standard InChI is InChI=1S/C13H20IN/c14-12-6-8-13(10-15,9-7-12)11-4-2-1-3-5-11/h6-8,11H,1-5,9-10,15H2. The molecule has 2 aliphatic carbocycles. The van der Waals surface area contributed by atoms with Crippen molar-refractivity contribution in [1.82, 2.24) is 0 Å². The first kappa shape index (κ1) is 11.6. The van der Waals surface area contributed by atoms with Crippen LogP contribution < -0.4 is 5.73 Å². The van der Waals surface area contributed by atoms with Crippen LogP contribution >= 0.6 is 22.6 Å². The van der Waals surface area contributed by atoms with Crippen molar-refractivity contribution in [2.45, 2.75) is 38.5 Å². The van der Waals surface area contributed by atoms with Crippen molar-refractivity contribution in [1.29, 1.82) is 0 Å². The van der Waals surface area contributed by atoms with E-state index in [2.05, 4.69) is 40.8 Å². The molecule has 2 N–H and O–H groups in total. The smallest absolute Gasteiger partial charge is 0.00873 e. The Morgan fingerprint density at radius 2 is 2.07 bits per heavy atom. The van der Waals surface area contributed by atoms with Crippen molar-refractivity contribution in [2.24, 2.45) is 17.1 Å². The van der Waals surface area contributed by atoms with Crippen molar-refractivity contribution in [2.75, 3.05) is 6.54 Å². The van der Waals surface area contributed by atoms with Crippen molar-refractivity contribution in [3.8, 4) is 0 Å². The van der Waals surface area contributed by atoms with E-state index in [0.29, 0.717) is 0 Å². The van der Waals surface area contributed by atoms with Gasteiger partial charge in [0.1, 0.15) is 0 Å². The number of allylic oxidation sites excluding steroid dienone is 3. The Balaban J connectivity index is 2.11. The third kappa shape index (κ3) is 2.47. The van der Waals surface area contributed by atoms with E-state index in [1.165, 1.54) is 35.7 Å². The summed E-state index contributed by atoms with van der Waals surface area (Å²) in [5.41, 5.74) is 6.32. The second-order valence-electron chi connectivity index (χ2n) is 4.90. The normalized spacial score (nSPS) is 32.8. The van der Waals surface area contributed by atoms with Gasteiger partial charge in [-0.15, -0.1) is 0 Å². The number of nitrogens with two attached hydrogens (primary N) is 1. The molecule has 0 aromatic carbocycles. The molecule has 84 valence electrons. The summed E-state index contributed by atoms with van der Waals surface area (Å²) in [6, 6.07) is 0. The van der Waals surface area contributed by atoms with Gasteiger partial charge in [-0.2, -0.15) is 0 Å². The molecule has 0 aliphatic heterocycles. The topological polar surface area (TPSA) is 26.0 Å². The summed E-state index contributed by atoms with van der Waals surface area (Å²) < 4.78 is 1.37. The van der Waals surface area contributed by atoms with Crippen LogP contribution in [-0.4, -0.2) is 6.54 Å². The minimum atomic E-state index is 0.287. The first-order valence-electron chi connectivity index (χ1n) is 6.02. The van der Waals surface area contributed by atoms with Crippen LogP contribution in [0.2, 0.25) is 0 Å². The summed E-state index contributed by atoms with van der Waals surface area (Å²) in [5.74, 6) is 0.827. The van der Waals surface area contributed by atoms with Gasteiger partial charge in [0.2, 0.25) is 0 Å². The fourth-order valence-electron chi connectivity index (χ4n) is 2.97. The minimum Gasteiger partial charge on any atom is -0.330 e. The van der Waals surface area contributed by atoms with E-state index in [0.717, 1.165) is 18.9 Å². The molecule has 0 radical (unpaired) electrons. The van der Waals surface area contributed by atoms with E-state index < -0.39 is 0 Å². The highest BCUT2D eigenvalue weighted by Gasteiger charge is 2.36.